The molecular formula is C14H22FN3O. The van der Waals surface area contributed by atoms with E-state index >= 15 is 0 Å². The molecule has 1 unspecified atom stereocenters. The summed E-state index contributed by atoms with van der Waals surface area (Å²) >= 11 is 0. The van der Waals surface area contributed by atoms with Crippen LogP contribution in [0.2, 0.25) is 0 Å². The van der Waals surface area contributed by atoms with Crippen LogP contribution < -0.4 is 5.73 Å². The maximum absolute atomic E-state index is 12.8. The molecule has 2 rings (SSSR count). The van der Waals surface area contributed by atoms with Gasteiger partial charge in [-0.05, 0) is 32.4 Å². The van der Waals surface area contributed by atoms with Crippen LogP contribution in [0.1, 0.15) is 32.0 Å². The van der Waals surface area contributed by atoms with Gasteiger partial charge in [-0.25, -0.2) is 4.39 Å². The number of rotatable bonds is 4. The zero-order chi connectivity index (χ0) is 13.9. The molecule has 1 aromatic heterocycles. The molecule has 1 fully saturated rings. The van der Waals surface area contributed by atoms with Crippen molar-refractivity contribution in [2.24, 2.45) is 5.73 Å². The summed E-state index contributed by atoms with van der Waals surface area (Å²) in [5.74, 6) is -0.328. The average Bonchev–Trinajstić information content (AvgIpc) is 2.37. The smallest absolute Gasteiger partial charge is 0.141 e. The summed E-state index contributed by atoms with van der Waals surface area (Å²) in [7, 11) is 0. The van der Waals surface area contributed by atoms with Crippen LogP contribution >= 0.6 is 0 Å². The summed E-state index contributed by atoms with van der Waals surface area (Å²) in [6, 6.07) is 2.91. The monoisotopic (exact) mass is 267 g/mol. The number of halogens is 1. The van der Waals surface area contributed by atoms with Crippen LogP contribution in [0, 0.1) is 5.82 Å². The fourth-order valence-electron chi connectivity index (χ4n) is 2.35. The number of aromatic nitrogens is 1. The SMILES string of the molecule is CC1(C)COCCN1CCC(N)c1ccc(F)cn1. The highest BCUT2D eigenvalue weighted by Gasteiger charge is 2.30. The van der Waals surface area contributed by atoms with Gasteiger partial charge in [0.2, 0.25) is 0 Å². The lowest BCUT2D eigenvalue weighted by molar-refractivity contribution is -0.0518. The second kappa shape index (κ2) is 5.94. The van der Waals surface area contributed by atoms with E-state index in [-0.39, 0.29) is 17.4 Å². The largest absolute Gasteiger partial charge is 0.378 e. The Hall–Kier alpha value is -1.04. The van der Waals surface area contributed by atoms with Crippen molar-refractivity contribution in [1.82, 2.24) is 9.88 Å². The van der Waals surface area contributed by atoms with Crippen LogP contribution in [0.3, 0.4) is 0 Å². The van der Waals surface area contributed by atoms with E-state index in [2.05, 4.69) is 23.7 Å². The van der Waals surface area contributed by atoms with E-state index in [0.717, 1.165) is 38.4 Å². The third kappa shape index (κ3) is 3.72. The second-order valence-electron chi connectivity index (χ2n) is 5.65. The molecule has 2 heterocycles. The van der Waals surface area contributed by atoms with Crippen molar-refractivity contribution in [3.63, 3.8) is 0 Å². The van der Waals surface area contributed by atoms with E-state index in [1.807, 2.05) is 0 Å². The first-order valence-electron chi connectivity index (χ1n) is 6.69. The predicted octanol–water partition coefficient (Wildman–Crippen LogP) is 1.72. The molecule has 2 N–H and O–H groups in total. The molecule has 106 valence electrons. The van der Waals surface area contributed by atoms with Crippen LogP contribution in [0.5, 0.6) is 0 Å². The van der Waals surface area contributed by atoms with Gasteiger partial charge in [0, 0.05) is 24.7 Å². The number of nitrogens with two attached hydrogens (primary N) is 1. The van der Waals surface area contributed by atoms with Crippen LogP contribution in [0.4, 0.5) is 4.39 Å². The molecule has 0 aliphatic carbocycles. The lowest BCUT2D eigenvalue weighted by Gasteiger charge is -2.42. The number of pyridine rings is 1. The van der Waals surface area contributed by atoms with Crippen LogP contribution in [-0.2, 0) is 4.74 Å². The third-order valence-corrected chi connectivity index (χ3v) is 3.66. The summed E-state index contributed by atoms with van der Waals surface area (Å²) in [6.45, 7) is 7.69. The first-order valence-corrected chi connectivity index (χ1v) is 6.69. The molecule has 1 aromatic rings. The van der Waals surface area contributed by atoms with E-state index in [4.69, 9.17) is 10.5 Å². The molecule has 0 spiro atoms. The van der Waals surface area contributed by atoms with Crippen LogP contribution in [-0.4, -0.2) is 41.7 Å². The van der Waals surface area contributed by atoms with Gasteiger partial charge in [-0.1, -0.05) is 0 Å². The van der Waals surface area contributed by atoms with Gasteiger partial charge in [0.25, 0.3) is 0 Å². The predicted molar refractivity (Wildman–Crippen MR) is 72.2 cm³/mol. The summed E-state index contributed by atoms with van der Waals surface area (Å²) in [5, 5.41) is 0. The topological polar surface area (TPSA) is 51.4 Å². The van der Waals surface area contributed by atoms with Gasteiger partial charge in [0.1, 0.15) is 5.82 Å². The number of hydrogen-bond donors (Lipinski definition) is 1. The molecule has 0 amide bonds. The summed E-state index contributed by atoms with van der Waals surface area (Å²) < 4.78 is 18.3. The molecule has 19 heavy (non-hydrogen) atoms. The molecule has 4 nitrogen and oxygen atoms in total. The molecule has 0 aromatic carbocycles. The first-order chi connectivity index (χ1) is 8.99. The third-order valence-electron chi connectivity index (χ3n) is 3.66. The minimum Gasteiger partial charge on any atom is -0.378 e. The Balaban J connectivity index is 1.89. The highest BCUT2D eigenvalue weighted by atomic mass is 19.1. The van der Waals surface area contributed by atoms with Crippen molar-refractivity contribution in [1.29, 1.82) is 0 Å². The Morgan fingerprint density at radius 1 is 1.53 bits per heavy atom. The lowest BCUT2D eigenvalue weighted by atomic mass is 10.0. The van der Waals surface area contributed by atoms with E-state index in [1.54, 1.807) is 6.07 Å². The molecule has 1 aliphatic rings. The zero-order valence-electron chi connectivity index (χ0n) is 11.6. The van der Waals surface area contributed by atoms with Gasteiger partial charge >= 0.3 is 0 Å². The fourth-order valence-corrected chi connectivity index (χ4v) is 2.35. The average molecular weight is 267 g/mol. The van der Waals surface area contributed by atoms with Crippen LogP contribution in [0.15, 0.2) is 18.3 Å². The number of hydrogen-bond acceptors (Lipinski definition) is 4. The normalized spacial score (nSPS) is 21.3. The number of nitrogens with zero attached hydrogens (tertiary/aromatic N) is 2. The highest BCUT2D eigenvalue weighted by molar-refractivity contribution is 5.09. The Bertz CT molecular complexity index is 408. The molecule has 1 aliphatic heterocycles. The van der Waals surface area contributed by atoms with Gasteiger partial charge < -0.3 is 10.5 Å². The minimum absolute atomic E-state index is 0.0498. The molecule has 1 atom stereocenters. The molecule has 0 radical (unpaired) electrons. The summed E-state index contributed by atoms with van der Waals surface area (Å²) in [5.41, 5.74) is 6.90. The Morgan fingerprint density at radius 2 is 2.32 bits per heavy atom. The summed E-state index contributed by atoms with van der Waals surface area (Å²) in [4.78, 5) is 6.42. The minimum atomic E-state index is -0.328. The Morgan fingerprint density at radius 3 is 2.95 bits per heavy atom. The maximum Gasteiger partial charge on any atom is 0.141 e. The van der Waals surface area contributed by atoms with Crippen molar-refractivity contribution < 1.29 is 9.13 Å². The van der Waals surface area contributed by atoms with E-state index in [1.165, 1.54) is 12.3 Å². The molecule has 1 saturated heterocycles. The molecule has 0 bridgehead atoms. The van der Waals surface area contributed by atoms with Crippen molar-refractivity contribution in [2.45, 2.75) is 31.8 Å². The molecule has 5 heteroatoms. The highest BCUT2D eigenvalue weighted by Crippen LogP contribution is 2.21. The number of morpholine rings is 1. The first kappa shape index (κ1) is 14.4. The molecule has 0 saturated carbocycles. The lowest BCUT2D eigenvalue weighted by Crippen LogP contribution is -2.53. The van der Waals surface area contributed by atoms with Crippen molar-refractivity contribution in [3.8, 4) is 0 Å². The second-order valence-corrected chi connectivity index (χ2v) is 5.65. The number of ether oxygens (including phenoxy) is 1. The Kier molecular flexibility index (Phi) is 4.50. The van der Waals surface area contributed by atoms with Crippen molar-refractivity contribution >= 4 is 0 Å². The van der Waals surface area contributed by atoms with Gasteiger partial charge in [-0.15, -0.1) is 0 Å². The zero-order valence-corrected chi connectivity index (χ0v) is 11.6. The quantitative estimate of drug-likeness (QED) is 0.902. The fraction of sp³-hybridized carbons (Fsp3) is 0.643. The van der Waals surface area contributed by atoms with Crippen molar-refractivity contribution in [2.75, 3.05) is 26.3 Å². The Labute approximate surface area is 113 Å². The van der Waals surface area contributed by atoms with Gasteiger partial charge in [-0.2, -0.15) is 0 Å². The summed E-state index contributed by atoms with van der Waals surface area (Å²) in [6.07, 6.45) is 2.02. The van der Waals surface area contributed by atoms with E-state index < -0.39 is 0 Å². The van der Waals surface area contributed by atoms with E-state index in [0.29, 0.717) is 0 Å². The van der Waals surface area contributed by atoms with Gasteiger partial charge in [-0.3, -0.25) is 9.88 Å². The van der Waals surface area contributed by atoms with Crippen LogP contribution in [0.25, 0.3) is 0 Å². The maximum atomic E-state index is 12.8. The van der Waals surface area contributed by atoms with Gasteiger partial charge in [0.05, 0.1) is 25.1 Å². The standard InChI is InChI=1S/C14H22FN3O/c1-14(2)10-19-8-7-18(14)6-5-12(16)13-4-3-11(15)9-17-13/h3-4,9,12H,5-8,10,16H2,1-2H3. The molecular weight excluding hydrogens is 245 g/mol. The van der Waals surface area contributed by atoms with Gasteiger partial charge in [0.15, 0.2) is 0 Å². The van der Waals surface area contributed by atoms with Crippen molar-refractivity contribution in [3.05, 3.63) is 29.8 Å². The van der Waals surface area contributed by atoms with E-state index in [9.17, 15) is 4.39 Å².